The van der Waals surface area contributed by atoms with Crippen LogP contribution in [0.5, 0.6) is 0 Å². The fraction of sp³-hybridized carbons (Fsp3) is 0.250. The van der Waals surface area contributed by atoms with Crippen LogP contribution in [0.15, 0.2) is 46.3 Å². The van der Waals surface area contributed by atoms with Crippen LogP contribution in [0.4, 0.5) is 0 Å². The number of hydrogen-bond donors (Lipinski definition) is 3. The van der Waals surface area contributed by atoms with Gasteiger partial charge in [0, 0.05) is 12.6 Å². The standard InChI is InChI=1S/C16H18BrN3O2S/c1-10(20-16(22)13-7-8-14(17)23-13)15(21)19-9-12(18)11-5-3-2-4-6-11/h2-8,10,12H,9,18H2,1H3,(H,19,21)(H,20,22). The lowest BCUT2D eigenvalue weighted by Crippen LogP contribution is -2.46. The van der Waals surface area contributed by atoms with Crippen LogP contribution in [-0.4, -0.2) is 24.4 Å². The molecule has 1 aromatic heterocycles. The lowest BCUT2D eigenvalue weighted by molar-refractivity contribution is -0.122. The normalized spacial score (nSPS) is 13.2. The van der Waals surface area contributed by atoms with Gasteiger partial charge >= 0.3 is 0 Å². The smallest absolute Gasteiger partial charge is 0.262 e. The van der Waals surface area contributed by atoms with Crippen molar-refractivity contribution in [3.05, 3.63) is 56.7 Å². The van der Waals surface area contributed by atoms with Crippen molar-refractivity contribution in [1.82, 2.24) is 10.6 Å². The molecule has 5 nitrogen and oxygen atoms in total. The Bertz CT molecular complexity index is 675. The van der Waals surface area contributed by atoms with Gasteiger partial charge in [-0.2, -0.15) is 0 Å². The molecule has 7 heteroatoms. The summed E-state index contributed by atoms with van der Waals surface area (Å²) in [6.45, 7) is 1.96. The zero-order valence-electron chi connectivity index (χ0n) is 12.6. The molecule has 0 radical (unpaired) electrons. The average Bonchev–Trinajstić information content (AvgIpc) is 2.99. The Labute approximate surface area is 147 Å². The molecule has 0 spiro atoms. The predicted octanol–water partition coefficient (Wildman–Crippen LogP) is 2.45. The topological polar surface area (TPSA) is 84.2 Å². The molecule has 4 N–H and O–H groups in total. The van der Waals surface area contributed by atoms with E-state index in [0.717, 1.165) is 9.35 Å². The molecule has 0 aliphatic heterocycles. The van der Waals surface area contributed by atoms with Crippen molar-refractivity contribution in [2.45, 2.75) is 19.0 Å². The lowest BCUT2D eigenvalue weighted by Gasteiger charge is -2.17. The molecular weight excluding hydrogens is 378 g/mol. The van der Waals surface area contributed by atoms with Crippen LogP contribution in [0, 0.1) is 0 Å². The number of amides is 2. The van der Waals surface area contributed by atoms with Crippen LogP contribution in [0.3, 0.4) is 0 Å². The van der Waals surface area contributed by atoms with E-state index in [1.165, 1.54) is 11.3 Å². The molecule has 0 aliphatic carbocycles. The molecule has 23 heavy (non-hydrogen) atoms. The quantitative estimate of drug-likeness (QED) is 0.701. The summed E-state index contributed by atoms with van der Waals surface area (Å²) in [6.07, 6.45) is 0. The monoisotopic (exact) mass is 395 g/mol. The Balaban J connectivity index is 1.82. The molecule has 0 saturated carbocycles. The molecule has 1 heterocycles. The minimum atomic E-state index is -0.633. The van der Waals surface area contributed by atoms with E-state index in [0.29, 0.717) is 11.4 Å². The van der Waals surface area contributed by atoms with E-state index in [-0.39, 0.29) is 17.9 Å². The number of thiophene rings is 1. The van der Waals surface area contributed by atoms with Crippen molar-refractivity contribution in [2.24, 2.45) is 5.73 Å². The van der Waals surface area contributed by atoms with E-state index in [9.17, 15) is 9.59 Å². The highest BCUT2D eigenvalue weighted by Crippen LogP contribution is 2.21. The zero-order chi connectivity index (χ0) is 16.8. The van der Waals surface area contributed by atoms with Gasteiger partial charge < -0.3 is 16.4 Å². The first-order chi connectivity index (χ1) is 11.0. The van der Waals surface area contributed by atoms with Crippen LogP contribution in [0.1, 0.15) is 28.2 Å². The molecule has 2 amide bonds. The number of hydrogen-bond acceptors (Lipinski definition) is 4. The number of halogens is 1. The van der Waals surface area contributed by atoms with Gasteiger partial charge in [-0.05, 0) is 40.5 Å². The molecule has 2 aromatic rings. The third kappa shape index (κ3) is 5.16. The van der Waals surface area contributed by atoms with E-state index < -0.39 is 6.04 Å². The second-order valence-corrected chi connectivity index (χ2v) is 7.52. The fourth-order valence-corrected chi connectivity index (χ4v) is 3.24. The molecular formula is C16H18BrN3O2S. The van der Waals surface area contributed by atoms with Crippen LogP contribution in [0.25, 0.3) is 0 Å². The number of nitrogens with two attached hydrogens (primary N) is 1. The Morgan fingerprint density at radius 2 is 1.91 bits per heavy atom. The predicted molar refractivity (Wildman–Crippen MR) is 95.3 cm³/mol. The lowest BCUT2D eigenvalue weighted by atomic mass is 10.1. The van der Waals surface area contributed by atoms with Crippen molar-refractivity contribution in [3.8, 4) is 0 Å². The number of nitrogens with one attached hydrogen (secondary N) is 2. The van der Waals surface area contributed by atoms with E-state index >= 15 is 0 Å². The van der Waals surface area contributed by atoms with Gasteiger partial charge in [-0.3, -0.25) is 9.59 Å². The summed E-state index contributed by atoms with van der Waals surface area (Å²) in [7, 11) is 0. The number of carbonyl (C=O) groups is 2. The maximum atomic E-state index is 12.1. The third-order valence-corrected chi connectivity index (χ3v) is 4.88. The van der Waals surface area contributed by atoms with Crippen LogP contribution >= 0.6 is 27.3 Å². The zero-order valence-corrected chi connectivity index (χ0v) is 15.0. The summed E-state index contributed by atoms with van der Waals surface area (Å²) >= 11 is 4.62. The van der Waals surface area contributed by atoms with E-state index in [1.54, 1.807) is 19.1 Å². The van der Waals surface area contributed by atoms with Crippen molar-refractivity contribution >= 4 is 39.1 Å². The molecule has 0 saturated heterocycles. The van der Waals surface area contributed by atoms with Gasteiger partial charge in [0.05, 0.1) is 8.66 Å². The van der Waals surface area contributed by atoms with Gasteiger partial charge in [-0.15, -0.1) is 11.3 Å². The van der Waals surface area contributed by atoms with Crippen molar-refractivity contribution in [1.29, 1.82) is 0 Å². The molecule has 1 aromatic carbocycles. The summed E-state index contributed by atoms with van der Waals surface area (Å²) in [5.74, 6) is -0.531. The number of carbonyl (C=O) groups excluding carboxylic acids is 2. The van der Waals surface area contributed by atoms with E-state index in [2.05, 4.69) is 26.6 Å². The second kappa shape index (κ2) is 8.24. The van der Waals surface area contributed by atoms with Crippen LogP contribution < -0.4 is 16.4 Å². The van der Waals surface area contributed by atoms with Gasteiger partial charge in [0.25, 0.3) is 5.91 Å². The molecule has 2 atom stereocenters. The second-order valence-electron chi connectivity index (χ2n) is 5.06. The summed E-state index contributed by atoms with van der Waals surface area (Å²) in [4.78, 5) is 24.6. The number of benzene rings is 1. The Kier molecular flexibility index (Phi) is 6.32. The Morgan fingerprint density at radius 1 is 1.22 bits per heavy atom. The largest absolute Gasteiger partial charge is 0.352 e. The highest BCUT2D eigenvalue weighted by atomic mass is 79.9. The molecule has 0 aliphatic rings. The Hall–Kier alpha value is -1.70. The number of rotatable bonds is 6. The van der Waals surface area contributed by atoms with Gasteiger partial charge in [0.15, 0.2) is 0 Å². The summed E-state index contributed by atoms with van der Waals surface area (Å²) < 4.78 is 0.869. The van der Waals surface area contributed by atoms with Gasteiger partial charge in [-0.1, -0.05) is 30.3 Å². The van der Waals surface area contributed by atoms with Crippen molar-refractivity contribution in [3.63, 3.8) is 0 Å². The molecule has 0 fully saturated rings. The maximum absolute atomic E-state index is 12.1. The fourth-order valence-electron chi connectivity index (χ4n) is 1.95. The van der Waals surface area contributed by atoms with Crippen LogP contribution in [0.2, 0.25) is 0 Å². The molecule has 2 unspecified atom stereocenters. The highest BCUT2D eigenvalue weighted by Gasteiger charge is 2.18. The maximum Gasteiger partial charge on any atom is 0.262 e. The minimum Gasteiger partial charge on any atom is -0.352 e. The first kappa shape index (κ1) is 17.7. The van der Waals surface area contributed by atoms with Gasteiger partial charge in [0.1, 0.15) is 6.04 Å². The molecule has 0 bridgehead atoms. The molecule has 122 valence electrons. The van der Waals surface area contributed by atoms with E-state index in [4.69, 9.17) is 5.73 Å². The Morgan fingerprint density at radius 3 is 2.52 bits per heavy atom. The minimum absolute atomic E-state index is 0.264. The highest BCUT2D eigenvalue weighted by molar-refractivity contribution is 9.11. The van der Waals surface area contributed by atoms with E-state index in [1.807, 2.05) is 30.3 Å². The SMILES string of the molecule is CC(NC(=O)c1ccc(Br)s1)C(=O)NCC(N)c1ccccc1. The first-order valence-corrected chi connectivity index (χ1v) is 8.72. The average molecular weight is 396 g/mol. The van der Waals surface area contributed by atoms with Gasteiger partial charge in [0.2, 0.25) is 5.91 Å². The van der Waals surface area contributed by atoms with Crippen LogP contribution in [-0.2, 0) is 4.79 Å². The third-order valence-electron chi connectivity index (χ3n) is 3.26. The summed E-state index contributed by atoms with van der Waals surface area (Å²) in [5.41, 5.74) is 6.98. The summed E-state index contributed by atoms with van der Waals surface area (Å²) in [5, 5.41) is 5.43. The van der Waals surface area contributed by atoms with Crippen molar-refractivity contribution < 1.29 is 9.59 Å². The van der Waals surface area contributed by atoms with Gasteiger partial charge in [-0.25, -0.2) is 0 Å². The first-order valence-electron chi connectivity index (χ1n) is 7.12. The summed E-state index contributed by atoms with van der Waals surface area (Å²) in [6, 6.07) is 12.1. The molecule has 2 rings (SSSR count). The van der Waals surface area contributed by atoms with Crippen molar-refractivity contribution in [2.75, 3.05) is 6.54 Å².